The minimum atomic E-state index is -3.64. The molecule has 7 heteroatoms. The lowest BCUT2D eigenvalue weighted by Crippen LogP contribution is -2.38. The van der Waals surface area contributed by atoms with E-state index >= 15 is 0 Å². The second-order valence-corrected chi connectivity index (χ2v) is 9.33. The SMILES string of the molecule is COc1ccccc1CNC(=O)c1cccc(S(=O)(=O)N(C)C2CCCCC2)c1. The number of hydrogen-bond donors (Lipinski definition) is 1. The first kappa shape index (κ1) is 21.3. The van der Waals surface area contributed by atoms with E-state index in [2.05, 4.69) is 5.32 Å². The van der Waals surface area contributed by atoms with Crippen LogP contribution in [0, 0.1) is 0 Å². The fourth-order valence-electron chi connectivity index (χ4n) is 3.73. The molecule has 0 heterocycles. The summed E-state index contributed by atoms with van der Waals surface area (Å²) in [6, 6.07) is 13.7. The van der Waals surface area contributed by atoms with Crippen molar-refractivity contribution in [1.29, 1.82) is 0 Å². The molecule has 6 nitrogen and oxygen atoms in total. The number of methoxy groups -OCH3 is 1. The summed E-state index contributed by atoms with van der Waals surface area (Å²) >= 11 is 0. The summed E-state index contributed by atoms with van der Waals surface area (Å²) in [6.07, 6.45) is 5.03. The molecule has 0 aliphatic heterocycles. The third-order valence-electron chi connectivity index (χ3n) is 5.49. The molecule has 2 aromatic rings. The highest BCUT2D eigenvalue weighted by atomic mass is 32.2. The Morgan fingerprint density at radius 3 is 2.55 bits per heavy atom. The summed E-state index contributed by atoms with van der Waals surface area (Å²) < 4.78 is 32.9. The van der Waals surface area contributed by atoms with Gasteiger partial charge in [0.2, 0.25) is 10.0 Å². The Hall–Kier alpha value is -2.38. The van der Waals surface area contributed by atoms with Crippen molar-refractivity contribution in [3.63, 3.8) is 0 Å². The number of benzene rings is 2. The molecule has 1 fully saturated rings. The Morgan fingerprint density at radius 2 is 1.83 bits per heavy atom. The van der Waals surface area contributed by atoms with Crippen LogP contribution in [0.15, 0.2) is 53.4 Å². The molecule has 0 bridgehead atoms. The van der Waals surface area contributed by atoms with E-state index in [1.807, 2.05) is 24.3 Å². The third-order valence-corrected chi connectivity index (χ3v) is 7.40. The standard InChI is InChI=1S/C22H28N2O4S/c1-24(19-11-4-3-5-12-19)29(26,27)20-13-8-10-17(15-20)22(25)23-16-18-9-6-7-14-21(18)28-2/h6-10,13-15,19H,3-5,11-12,16H2,1-2H3,(H,23,25). The zero-order valence-electron chi connectivity index (χ0n) is 16.9. The van der Waals surface area contributed by atoms with Gasteiger partial charge in [0.25, 0.3) is 5.91 Å². The van der Waals surface area contributed by atoms with Crippen molar-refractivity contribution in [2.75, 3.05) is 14.2 Å². The number of amides is 1. The van der Waals surface area contributed by atoms with E-state index in [4.69, 9.17) is 4.74 Å². The van der Waals surface area contributed by atoms with Crippen LogP contribution in [-0.2, 0) is 16.6 Å². The number of hydrogen-bond acceptors (Lipinski definition) is 4. The van der Waals surface area contributed by atoms with E-state index in [9.17, 15) is 13.2 Å². The van der Waals surface area contributed by atoms with Gasteiger partial charge in [-0.1, -0.05) is 43.5 Å². The molecule has 0 spiro atoms. The number of ether oxygens (including phenoxy) is 1. The molecule has 1 amide bonds. The van der Waals surface area contributed by atoms with Crippen molar-refractivity contribution in [3.05, 3.63) is 59.7 Å². The molecule has 0 saturated heterocycles. The number of sulfonamides is 1. The normalized spacial score (nSPS) is 15.3. The van der Waals surface area contributed by atoms with Crippen molar-refractivity contribution in [3.8, 4) is 5.75 Å². The molecular formula is C22H28N2O4S. The minimum absolute atomic E-state index is 0.0248. The highest BCUT2D eigenvalue weighted by molar-refractivity contribution is 7.89. The van der Waals surface area contributed by atoms with Gasteiger partial charge in [0.15, 0.2) is 0 Å². The van der Waals surface area contributed by atoms with Crippen LogP contribution >= 0.6 is 0 Å². The summed E-state index contributed by atoms with van der Waals surface area (Å²) in [6.45, 7) is 0.293. The largest absolute Gasteiger partial charge is 0.496 e. The second kappa shape index (κ2) is 9.41. The molecule has 0 atom stereocenters. The first-order valence-corrected chi connectivity index (χ1v) is 11.4. The molecule has 1 aliphatic carbocycles. The van der Waals surface area contributed by atoms with Crippen LogP contribution in [0.2, 0.25) is 0 Å². The van der Waals surface area contributed by atoms with Crippen molar-refractivity contribution in [1.82, 2.24) is 9.62 Å². The van der Waals surface area contributed by atoms with Gasteiger partial charge in [0.1, 0.15) is 5.75 Å². The molecule has 156 valence electrons. The quantitative estimate of drug-likeness (QED) is 0.749. The Bertz CT molecular complexity index is 953. The van der Waals surface area contributed by atoms with Gasteiger partial charge < -0.3 is 10.1 Å². The van der Waals surface area contributed by atoms with E-state index < -0.39 is 10.0 Å². The lowest BCUT2D eigenvalue weighted by molar-refractivity contribution is 0.0950. The van der Waals surface area contributed by atoms with Gasteiger partial charge in [-0.2, -0.15) is 4.31 Å². The monoisotopic (exact) mass is 416 g/mol. The Balaban J connectivity index is 1.73. The summed E-state index contributed by atoms with van der Waals surface area (Å²) in [5.41, 5.74) is 1.17. The lowest BCUT2D eigenvalue weighted by atomic mass is 9.96. The molecule has 0 aromatic heterocycles. The average Bonchev–Trinajstić information content (AvgIpc) is 2.77. The van der Waals surface area contributed by atoms with Gasteiger partial charge in [0.05, 0.1) is 12.0 Å². The molecule has 1 aliphatic rings. The van der Waals surface area contributed by atoms with E-state index in [0.29, 0.717) is 17.9 Å². The van der Waals surface area contributed by atoms with Gasteiger partial charge >= 0.3 is 0 Å². The molecule has 0 unspecified atom stereocenters. The number of nitrogens with zero attached hydrogens (tertiary/aromatic N) is 1. The fourth-order valence-corrected chi connectivity index (χ4v) is 5.19. The summed E-state index contributed by atoms with van der Waals surface area (Å²) in [4.78, 5) is 12.8. The summed E-state index contributed by atoms with van der Waals surface area (Å²) in [5.74, 6) is 0.367. The Kier molecular flexibility index (Phi) is 6.92. The molecule has 2 aromatic carbocycles. The first-order chi connectivity index (χ1) is 13.9. The topological polar surface area (TPSA) is 75.7 Å². The highest BCUT2D eigenvalue weighted by Gasteiger charge is 2.29. The second-order valence-electron chi connectivity index (χ2n) is 7.34. The van der Waals surface area contributed by atoms with Gasteiger partial charge in [-0.3, -0.25) is 4.79 Å². The summed E-state index contributed by atoms with van der Waals surface area (Å²) in [5, 5.41) is 2.83. The maximum Gasteiger partial charge on any atom is 0.251 e. The van der Waals surface area contributed by atoms with E-state index in [-0.39, 0.29) is 16.8 Å². The van der Waals surface area contributed by atoms with Crippen molar-refractivity contribution in [2.24, 2.45) is 0 Å². The van der Waals surface area contributed by atoms with Gasteiger partial charge in [0, 0.05) is 30.8 Å². The van der Waals surface area contributed by atoms with Crippen molar-refractivity contribution >= 4 is 15.9 Å². The van der Waals surface area contributed by atoms with Crippen LogP contribution in [-0.4, -0.2) is 38.8 Å². The zero-order valence-corrected chi connectivity index (χ0v) is 17.7. The fraction of sp³-hybridized carbons (Fsp3) is 0.409. The Morgan fingerprint density at radius 1 is 1.10 bits per heavy atom. The van der Waals surface area contributed by atoms with Gasteiger partial charge in [-0.25, -0.2) is 8.42 Å². The lowest BCUT2D eigenvalue weighted by Gasteiger charge is -2.30. The number of carbonyl (C=O) groups excluding carboxylic acids is 1. The zero-order chi connectivity index (χ0) is 20.9. The van der Waals surface area contributed by atoms with Crippen LogP contribution in [0.1, 0.15) is 48.0 Å². The molecule has 0 radical (unpaired) electrons. The predicted molar refractivity (Wildman–Crippen MR) is 112 cm³/mol. The molecule has 3 rings (SSSR count). The minimum Gasteiger partial charge on any atom is -0.496 e. The molecular weight excluding hydrogens is 388 g/mol. The van der Waals surface area contributed by atoms with E-state index in [1.165, 1.54) is 10.4 Å². The highest BCUT2D eigenvalue weighted by Crippen LogP contribution is 2.26. The van der Waals surface area contributed by atoms with Crippen molar-refractivity contribution in [2.45, 2.75) is 49.6 Å². The number of rotatable bonds is 7. The van der Waals surface area contributed by atoms with E-state index in [0.717, 1.165) is 37.7 Å². The third kappa shape index (κ3) is 4.97. The number of nitrogens with one attached hydrogen (secondary N) is 1. The average molecular weight is 417 g/mol. The van der Waals surface area contributed by atoms with Crippen molar-refractivity contribution < 1.29 is 17.9 Å². The summed E-state index contributed by atoms with van der Waals surface area (Å²) in [7, 11) is -0.419. The van der Waals surface area contributed by atoms with Crippen LogP contribution in [0.3, 0.4) is 0 Å². The number of carbonyl (C=O) groups is 1. The van der Waals surface area contributed by atoms with Crippen LogP contribution < -0.4 is 10.1 Å². The van der Waals surface area contributed by atoms with Crippen LogP contribution in [0.5, 0.6) is 5.75 Å². The smallest absolute Gasteiger partial charge is 0.251 e. The van der Waals surface area contributed by atoms with Crippen LogP contribution in [0.4, 0.5) is 0 Å². The van der Waals surface area contributed by atoms with E-state index in [1.54, 1.807) is 32.4 Å². The first-order valence-electron chi connectivity index (χ1n) is 9.91. The molecule has 1 saturated carbocycles. The van der Waals surface area contributed by atoms with Gasteiger partial charge in [-0.05, 0) is 37.1 Å². The maximum atomic E-state index is 13.0. The molecule has 29 heavy (non-hydrogen) atoms. The number of para-hydroxylation sites is 1. The molecule has 1 N–H and O–H groups in total. The van der Waals surface area contributed by atoms with Gasteiger partial charge in [-0.15, -0.1) is 0 Å². The predicted octanol–water partition coefficient (Wildman–Crippen LogP) is 3.58. The maximum absolute atomic E-state index is 13.0. The van der Waals surface area contributed by atoms with Crippen LogP contribution in [0.25, 0.3) is 0 Å². The Labute approximate surface area is 172 Å².